The van der Waals surface area contributed by atoms with Crippen LogP contribution in [-0.2, 0) is 11.2 Å². The highest BCUT2D eigenvalue weighted by molar-refractivity contribution is 5.74. The summed E-state index contributed by atoms with van der Waals surface area (Å²) in [5.41, 5.74) is 1.29. The molecule has 1 aromatic rings. The zero-order chi connectivity index (χ0) is 12.1. The summed E-state index contributed by atoms with van der Waals surface area (Å²) >= 11 is 0. The SMILES string of the molecule is O=C(O)C1NCCCC1CCc1ccccc1. The first-order chi connectivity index (χ1) is 8.27. The molecule has 1 fully saturated rings. The van der Waals surface area contributed by atoms with Crippen molar-refractivity contribution >= 4 is 5.97 Å². The van der Waals surface area contributed by atoms with Gasteiger partial charge in [0.15, 0.2) is 0 Å². The molecule has 0 radical (unpaired) electrons. The van der Waals surface area contributed by atoms with Crippen molar-refractivity contribution in [2.24, 2.45) is 5.92 Å². The Labute approximate surface area is 102 Å². The lowest BCUT2D eigenvalue weighted by Crippen LogP contribution is -2.46. The van der Waals surface area contributed by atoms with E-state index in [2.05, 4.69) is 17.4 Å². The van der Waals surface area contributed by atoms with E-state index in [1.54, 1.807) is 0 Å². The fraction of sp³-hybridized carbons (Fsp3) is 0.500. The summed E-state index contributed by atoms with van der Waals surface area (Å²) in [6.45, 7) is 0.832. The van der Waals surface area contributed by atoms with Crippen molar-refractivity contribution in [3.63, 3.8) is 0 Å². The lowest BCUT2D eigenvalue weighted by atomic mass is 9.86. The van der Waals surface area contributed by atoms with Gasteiger partial charge in [0.2, 0.25) is 0 Å². The van der Waals surface area contributed by atoms with Gasteiger partial charge in [0.1, 0.15) is 6.04 Å². The van der Waals surface area contributed by atoms with E-state index >= 15 is 0 Å². The van der Waals surface area contributed by atoms with Crippen molar-refractivity contribution in [3.8, 4) is 0 Å². The van der Waals surface area contributed by atoms with Gasteiger partial charge in [-0.25, -0.2) is 0 Å². The fourth-order valence-corrected chi connectivity index (χ4v) is 2.55. The smallest absolute Gasteiger partial charge is 0.320 e. The standard InChI is InChI=1S/C14H19NO2/c16-14(17)13-12(7-4-10-15-13)9-8-11-5-2-1-3-6-11/h1-3,5-6,12-13,15H,4,7-10H2,(H,16,17). The number of carbonyl (C=O) groups is 1. The molecule has 1 aromatic carbocycles. The Morgan fingerprint density at radius 2 is 2.12 bits per heavy atom. The van der Waals surface area contributed by atoms with E-state index in [0.29, 0.717) is 0 Å². The van der Waals surface area contributed by atoms with Gasteiger partial charge in [0.05, 0.1) is 0 Å². The van der Waals surface area contributed by atoms with Crippen molar-refractivity contribution in [3.05, 3.63) is 35.9 Å². The van der Waals surface area contributed by atoms with Crippen LogP contribution < -0.4 is 5.32 Å². The molecule has 0 spiro atoms. The molecule has 1 heterocycles. The van der Waals surface area contributed by atoms with Crippen LogP contribution in [-0.4, -0.2) is 23.7 Å². The third-order valence-electron chi connectivity index (χ3n) is 3.50. The third kappa shape index (κ3) is 3.30. The lowest BCUT2D eigenvalue weighted by Gasteiger charge is -2.29. The maximum atomic E-state index is 11.1. The molecule has 0 saturated carbocycles. The predicted molar refractivity (Wildman–Crippen MR) is 66.9 cm³/mol. The highest BCUT2D eigenvalue weighted by atomic mass is 16.4. The molecule has 1 aliphatic rings. The van der Waals surface area contributed by atoms with Crippen molar-refractivity contribution in [1.29, 1.82) is 0 Å². The molecule has 92 valence electrons. The Morgan fingerprint density at radius 1 is 1.35 bits per heavy atom. The lowest BCUT2D eigenvalue weighted by molar-refractivity contribution is -0.141. The molecule has 0 aromatic heterocycles. The van der Waals surface area contributed by atoms with Crippen molar-refractivity contribution in [2.45, 2.75) is 31.7 Å². The summed E-state index contributed by atoms with van der Waals surface area (Å²) in [6.07, 6.45) is 4.03. The summed E-state index contributed by atoms with van der Waals surface area (Å²) in [4.78, 5) is 11.1. The van der Waals surface area contributed by atoms with E-state index in [1.165, 1.54) is 5.56 Å². The molecule has 1 aliphatic heterocycles. The van der Waals surface area contributed by atoms with E-state index in [0.717, 1.165) is 32.2 Å². The summed E-state index contributed by atoms with van der Waals surface area (Å²) in [5, 5.41) is 12.2. The summed E-state index contributed by atoms with van der Waals surface area (Å²) < 4.78 is 0. The largest absolute Gasteiger partial charge is 0.480 e. The van der Waals surface area contributed by atoms with Gasteiger partial charge in [-0.05, 0) is 43.7 Å². The quantitative estimate of drug-likeness (QED) is 0.837. The molecular formula is C14H19NO2. The number of piperidine rings is 1. The van der Waals surface area contributed by atoms with Gasteiger partial charge in [-0.15, -0.1) is 0 Å². The van der Waals surface area contributed by atoms with Crippen LogP contribution in [0.1, 0.15) is 24.8 Å². The molecule has 0 bridgehead atoms. The number of hydrogen-bond acceptors (Lipinski definition) is 2. The fourth-order valence-electron chi connectivity index (χ4n) is 2.55. The van der Waals surface area contributed by atoms with Gasteiger partial charge in [-0.2, -0.15) is 0 Å². The molecule has 17 heavy (non-hydrogen) atoms. The number of nitrogens with one attached hydrogen (secondary N) is 1. The number of aryl methyl sites for hydroxylation is 1. The molecule has 3 heteroatoms. The highest BCUT2D eigenvalue weighted by Crippen LogP contribution is 2.22. The van der Waals surface area contributed by atoms with Crippen LogP contribution in [0, 0.1) is 5.92 Å². The molecular weight excluding hydrogens is 214 g/mol. The number of aliphatic carboxylic acids is 1. The summed E-state index contributed by atoms with van der Waals surface area (Å²) in [6, 6.07) is 9.92. The minimum Gasteiger partial charge on any atom is -0.480 e. The van der Waals surface area contributed by atoms with Gasteiger partial charge in [0, 0.05) is 0 Å². The second kappa shape index (κ2) is 5.82. The molecule has 0 amide bonds. The van der Waals surface area contributed by atoms with Crippen LogP contribution in [0.25, 0.3) is 0 Å². The van der Waals surface area contributed by atoms with Crippen molar-refractivity contribution in [2.75, 3.05) is 6.54 Å². The summed E-state index contributed by atoms with van der Waals surface area (Å²) in [7, 11) is 0. The molecule has 2 rings (SSSR count). The second-order valence-electron chi connectivity index (χ2n) is 4.70. The molecule has 3 nitrogen and oxygen atoms in total. The number of hydrogen-bond donors (Lipinski definition) is 2. The number of carboxylic acid groups (broad SMARTS) is 1. The van der Waals surface area contributed by atoms with Crippen LogP contribution in [0.4, 0.5) is 0 Å². The van der Waals surface area contributed by atoms with E-state index < -0.39 is 5.97 Å². The average molecular weight is 233 g/mol. The van der Waals surface area contributed by atoms with Crippen LogP contribution in [0.15, 0.2) is 30.3 Å². The Kier molecular flexibility index (Phi) is 4.15. The Balaban J connectivity index is 1.90. The van der Waals surface area contributed by atoms with E-state index in [9.17, 15) is 4.79 Å². The minimum absolute atomic E-state index is 0.265. The maximum absolute atomic E-state index is 11.1. The Morgan fingerprint density at radius 3 is 2.82 bits per heavy atom. The van der Waals surface area contributed by atoms with Crippen molar-refractivity contribution < 1.29 is 9.90 Å². The number of benzene rings is 1. The van der Waals surface area contributed by atoms with Gasteiger partial charge < -0.3 is 10.4 Å². The monoisotopic (exact) mass is 233 g/mol. The average Bonchev–Trinajstić information content (AvgIpc) is 2.38. The van der Waals surface area contributed by atoms with E-state index in [4.69, 9.17) is 5.11 Å². The minimum atomic E-state index is -0.706. The zero-order valence-electron chi connectivity index (χ0n) is 9.93. The van der Waals surface area contributed by atoms with Gasteiger partial charge in [0.25, 0.3) is 0 Å². The van der Waals surface area contributed by atoms with Crippen LogP contribution >= 0.6 is 0 Å². The Bertz CT molecular complexity index is 364. The van der Waals surface area contributed by atoms with E-state index in [1.807, 2.05) is 18.2 Å². The predicted octanol–water partition coefficient (Wildman–Crippen LogP) is 2.07. The van der Waals surface area contributed by atoms with Crippen LogP contribution in [0.2, 0.25) is 0 Å². The molecule has 1 saturated heterocycles. The summed E-state index contributed by atoms with van der Waals surface area (Å²) in [5.74, 6) is -0.441. The van der Waals surface area contributed by atoms with Gasteiger partial charge in [-0.3, -0.25) is 4.79 Å². The van der Waals surface area contributed by atoms with Crippen LogP contribution in [0.5, 0.6) is 0 Å². The van der Waals surface area contributed by atoms with Crippen LogP contribution in [0.3, 0.4) is 0 Å². The van der Waals surface area contributed by atoms with Crippen molar-refractivity contribution in [1.82, 2.24) is 5.32 Å². The normalized spacial score (nSPS) is 24.5. The first-order valence-corrected chi connectivity index (χ1v) is 6.27. The number of carboxylic acids is 1. The number of rotatable bonds is 4. The third-order valence-corrected chi connectivity index (χ3v) is 3.50. The maximum Gasteiger partial charge on any atom is 0.320 e. The first-order valence-electron chi connectivity index (χ1n) is 6.27. The first kappa shape index (κ1) is 12.1. The topological polar surface area (TPSA) is 49.3 Å². The second-order valence-corrected chi connectivity index (χ2v) is 4.70. The molecule has 2 unspecified atom stereocenters. The molecule has 2 N–H and O–H groups in total. The molecule has 2 atom stereocenters. The molecule has 0 aliphatic carbocycles. The van der Waals surface area contributed by atoms with E-state index in [-0.39, 0.29) is 12.0 Å². The Hall–Kier alpha value is -1.35. The highest BCUT2D eigenvalue weighted by Gasteiger charge is 2.29. The van der Waals surface area contributed by atoms with Gasteiger partial charge in [-0.1, -0.05) is 30.3 Å². The van der Waals surface area contributed by atoms with Gasteiger partial charge >= 0.3 is 5.97 Å². The zero-order valence-corrected chi connectivity index (χ0v) is 9.93.